The van der Waals surface area contributed by atoms with Gasteiger partial charge in [0.15, 0.2) is 0 Å². The lowest BCUT2D eigenvalue weighted by molar-refractivity contribution is -0.134. The van der Waals surface area contributed by atoms with Crippen molar-refractivity contribution in [3.8, 4) is 0 Å². The Hall–Kier alpha value is -1.69. The minimum atomic E-state index is -0.503. The highest BCUT2D eigenvalue weighted by molar-refractivity contribution is 9.10. The first-order valence-electron chi connectivity index (χ1n) is 5.97. The number of rotatable bonds is 3. The number of anilines is 1. The van der Waals surface area contributed by atoms with Gasteiger partial charge in [0, 0.05) is 17.7 Å². The first-order chi connectivity index (χ1) is 9.24. The van der Waals surface area contributed by atoms with Crippen molar-refractivity contribution in [2.75, 3.05) is 12.4 Å². The highest BCUT2D eigenvalue weighted by atomic mass is 79.9. The molecule has 0 aromatic carbocycles. The minimum absolute atomic E-state index is 0.117. The molecule has 1 aromatic heterocycles. The van der Waals surface area contributed by atoms with Gasteiger partial charge >= 0.3 is 5.97 Å². The molecule has 0 saturated carbocycles. The van der Waals surface area contributed by atoms with Crippen molar-refractivity contribution in [2.45, 2.75) is 20.8 Å². The average Bonchev–Trinajstić information content (AvgIpc) is 2.38. The molecule has 0 bridgehead atoms. The monoisotopic (exact) mass is 340 g/mol. The van der Waals surface area contributed by atoms with Crippen LogP contribution in [0.15, 0.2) is 22.9 Å². The molecule has 0 radical (unpaired) electrons. The van der Waals surface area contributed by atoms with Crippen molar-refractivity contribution >= 4 is 39.6 Å². The van der Waals surface area contributed by atoms with E-state index in [1.807, 2.05) is 20.8 Å². The Morgan fingerprint density at radius 1 is 1.40 bits per heavy atom. The third-order valence-corrected chi connectivity index (χ3v) is 3.03. The van der Waals surface area contributed by atoms with E-state index in [1.165, 1.54) is 13.2 Å². The molecule has 1 aromatic rings. The summed E-state index contributed by atoms with van der Waals surface area (Å²) in [5, 5.41) is 2.79. The summed E-state index contributed by atoms with van der Waals surface area (Å²) in [7, 11) is 1.31. The van der Waals surface area contributed by atoms with Crippen LogP contribution >= 0.6 is 15.9 Å². The fraction of sp³-hybridized carbons (Fsp3) is 0.357. The SMILES string of the molecule is COC(=O)/C=C\c1cnc(Br)c(NC(=O)C(C)(C)C)c1. The normalized spacial score (nSPS) is 11.4. The van der Waals surface area contributed by atoms with Gasteiger partial charge in [0.1, 0.15) is 4.60 Å². The maximum absolute atomic E-state index is 12.0. The molecular formula is C14H17BrN2O3. The number of aromatic nitrogens is 1. The average molecular weight is 341 g/mol. The van der Waals surface area contributed by atoms with E-state index in [2.05, 4.69) is 31.0 Å². The number of ether oxygens (including phenoxy) is 1. The number of hydrogen-bond acceptors (Lipinski definition) is 4. The summed E-state index contributed by atoms with van der Waals surface area (Å²) in [5.74, 6) is -0.567. The lowest BCUT2D eigenvalue weighted by Gasteiger charge is -2.18. The molecule has 1 rings (SSSR count). The van der Waals surface area contributed by atoms with Gasteiger partial charge in [0.05, 0.1) is 12.8 Å². The van der Waals surface area contributed by atoms with Crippen LogP contribution < -0.4 is 5.32 Å². The van der Waals surface area contributed by atoms with E-state index in [0.29, 0.717) is 15.9 Å². The molecule has 0 spiro atoms. The fourth-order valence-corrected chi connectivity index (χ4v) is 1.50. The highest BCUT2D eigenvalue weighted by Gasteiger charge is 2.22. The zero-order valence-electron chi connectivity index (χ0n) is 11.9. The Bertz CT molecular complexity index is 548. The molecule has 0 aliphatic rings. The topological polar surface area (TPSA) is 68.3 Å². The number of methoxy groups -OCH3 is 1. The second kappa shape index (κ2) is 6.65. The quantitative estimate of drug-likeness (QED) is 0.521. The van der Waals surface area contributed by atoms with Crippen molar-refractivity contribution in [1.82, 2.24) is 4.98 Å². The van der Waals surface area contributed by atoms with Crippen LogP contribution in [0.2, 0.25) is 0 Å². The van der Waals surface area contributed by atoms with Crippen LogP contribution in [0.25, 0.3) is 6.08 Å². The molecule has 6 heteroatoms. The predicted molar refractivity (Wildman–Crippen MR) is 81.1 cm³/mol. The van der Waals surface area contributed by atoms with Crippen molar-refractivity contribution < 1.29 is 14.3 Å². The first kappa shape index (κ1) is 16.4. The van der Waals surface area contributed by atoms with E-state index < -0.39 is 11.4 Å². The maximum Gasteiger partial charge on any atom is 0.330 e. The summed E-state index contributed by atoms with van der Waals surface area (Å²) in [6.45, 7) is 5.47. The van der Waals surface area contributed by atoms with Gasteiger partial charge in [-0.15, -0.1) is 0 Å². The van der Waals surface area contributed by atoms with Gasteiger partial charge in [-0.2, -0.15) is 0 Å². The van der Waals surface area contributed by atoms with Gasteiger partial charge in [-0.25, -0.2) is 9.78 Å². The number of amides is 1. The number of nitrogens with zero attached hydrogens (tertiary/aromatic N) is 1. The van der Waals surface area contributed by atoms with Crippen LogP contribution in [-0.4, -0.2) is 24.0 Å². The molecule has 1 amide bonds. The van der Waals surface area contributed by atoms with Gasteiger partial charge in [0.2, 0.25) is 5.91 Å². The van der Waals surface area contributed by atoms with Crippen LogP contribution in [-0.2, 0) is 14.3 Å². The zero-order chi connectivity index (χ0) is 15.3. The number of halogens is 1. The van der Waals surface area contributed by atoms with E-state index in [1.54, 1.807) is 18.3 Å². The van der Waals surface area contributed by atoms with Crippen molar-refractivity contribution in [3.63, 3.8) is 0 Å². The Balaban J connectivity index is 2.95. The minimum Gasteiger partial charge on any atom is -0.466 e. The number of hydrogen-bond donors (Lipinski definition) is 1. The molecule has 0 aliphatic carbocycles. The molecule has 1 N–H and O–H groups in total. The van der Waals surface area contributed by atoms with Crippen LogP contribution in [0.5, 0.6) is 0 Å². The lowest BCUT2D eigenvalue weighted by atomic mass is 9.95. The Morgan fingerprint density at radius 3 is 2.60 bits per heavy atom. The highest BCUT2D eigenvalue weighted by Crippen LogP contribution is 2.24. The summed E-state index contributed by atoms with van der Waals surface area (Å²) in [5.41, 5.74) is 0.733. The Kier molecular flexibility index (Phi) is 5.44. The van der Waals surface area contributed by atoms with Gasteiger partial charge in [-0.3, -0.25) is 4.79 Å². The number of carbonyl (C=O) groups excluding carboxylic acids is 2. The molecular weight excluding hydrogens is 324 g/mol. The number of carbonyl (C=O) groups is 2. The van der Waals surface area contributed by atoms with Crippen molar-refractivity contribution in [3.05, 3.63) is 28.5 Å². The molecule has 0 saturated heterocycles. The fourth-order valence-electron chi connectivity index (χ4n) is 1.19. The number of pyridine rings is 1. The third kappa shape index (κ3) is 4.77. The van der Waals surface area contributed by atoms with Crippen LogP contribution in [0, 0.1) is 5.41 Å². The van der Waals surface area contributed by atoms with Crippen LogP contribution in [0.3, 0.4) is 0 Å². The van der Waals surface area contributed by atoms with E-state index in [9.17, 15) is 9.59 Å². The van der Waals surface area contributed by atoms with Crippen molar-refractivity contribution in [2.24, 2.45) is 5.41 Å². The summed E-state index contributed by atoms with van der Waals surface area (Å²) in [6.07, 6.45) is 4.44. The zero-order valence-corrected chi connectivity index (χ0v) is 13.4. The standard InChI is InChI=1S/C14H17BrN2O3/c1-14(2,3)13(19)17-10-7-9(8-16-12(10)15)5-6-11(18)20-4/h5-8H,1-4H3,(H,17,19)/b6-5-. The molecule has 0 aliphatic heterocycles. The Morgan fingerprint density at radius 2 is 2.05 bits per heavy atom. The molecule has 108 valence electrons. The molecule has 5 nitrogen and oxygen atoms in total. The molecule has 0 fully saturated rings. The summed E-state index contributed by atoms with van der Waals surface area (Å²) in [6, 6.07) is 1.72. The molecule has 20 heavy (non-hydrogen) atoms. The third-order valence-electron chi connectivity index (χ3n) is 2.40. The number of nitrogens with one attached hydrogen (secondary N) is 1. The van der Waals surface area contributed by atoms with Gasteiger partial charge < -0.3 is 10.1 Å². The van der Waals surface area contributed by atoms with Gasteiger partial charge in [-0.05, 0) is 33.6 Å². The van der Waals surface area contributed by atoms with Crippen LogP contribution in [0.1, 0.15) is 26.3 Å². The second-order valence-corrected chi connectivity index (χ2v) is 5.92. The summed E-state index contributed by atoms with van der Waals surface area (Å²) >= 11 is 3.28. The van der Waals surface area contributed by atoms with Gasteiger partial charge in [-0.1, -0.05) is 20.8 Å². The Labute approximate surface area is 126 Å². The molecule has 1 heterocycles. The predicted octanol–water partition coefficient (Wildman–Crippen LogP) is 3.01. The van der Waals surface area contributed by atoms with Crippen molar-refractivity contribution in [1.29, 1.82) is 0 Å². The van der Waals surface area contributed by atoms with E-state index in [-0.39, 0.29) is 5.91 Å². The summed E-state index contributed by atoms with van der Waals surface area (Å²) < 4.78 is 5.04. The smallest absolute Gasteiger partial charge is 0.330 e. The van der Waals surface area contributed by atoms with E-state index in [0.717, 1.165) is 0 Å². The molecule has 0 atom stereocenters. The number of esters is 1. The largest absolute Gasteiger partial charge is 0.466 e. The van der Waals surface area contributed by atoms with Gasteiger partial charge in [0.25, 0.3) is 0 Å². The van der Waals surface area contributed by atoms with Crippen LogP contribution in [0.4, 0.5) is 5.69 Å². The maximum atomic E-state index is 12.0. The van der Waals surface area contributed by atoms with E-state index in [4.69, 9.17) is 0 Å². The summed E-state index contributed by atoms with van der Waals surface area (Å²) in [4.78, 5) is 27.1. The lowest BCUT2D eigenvalue weighted by Crippen LogP contribution is -2.27. The van der Waals surface area contributed by atoms with E-state index >= 15 is 0 Å². The molecule has 0 unspecified atom stereocenters. The first-order valence-corrected chi connectivity index (χ1v) is 6.76. The second-order valence-electron chi connectivity index (χ2n) is 5.17.